The van der Waals surface area contributed by atoms with Crippen molar-refractivity contribution < 1.29 is 37.0 Å². The van der Waals surface area contributed by atoms with E-state index in [1.807, 2.05) is 0 Å². The van der Waals surface area contributed by atoms with Gasteiger partial charge < -0.3 is 20.1 Å². The Kier molecular flexibility index (Phi) is 5.09. The fourth-order valence-corrected chi connectivity index (χ4v) is 2.69. The van der Waals surface area contributed by atoms with Crippen molar-refractivity contribution in [2.24, 2.45) is 11.8 Å². The number of amides is 2. The summed E-state index contributed by atoms with van der Waals surface area (Å²) in [5.74, 6) is -6.30. The molecule has 2 atom stereocenters. The minimum absolute atomic E-state index is 0.0419. The number of hydrogen-bond acceptors (Lipinski definition) is 3. The predicted molar refractivity (Wildman–Crippen MR) is 79.0 cm³/mol. The maximum atomic E-state index is 13.7. The molecule has 0 bridgehead atoms. The first-order chi connectivity index (χ1) is 11.5. The monoisotopic (exact) mass is 364 g/mol. The van der Waals surface area contributed by atoms with Crippen molar-refractivity contribution in [3.05, 3.63) is 23.5 Å². The second-order valence-electron chi connectivity index (χ2n) is 5.73. The zero-order chi connectivity index (χ0) is 18.9. The summed E-state index contributed by atoms with van der Waals surface area (Å²) in [6, 6.07) is 1.39. The number of rotatable bonds is 3. The molecule has 0 saturated carbocycles. The molecular weight excluding hydrogens is 348 g/mol. The van der Waals surface area contributed by atoms with Crippen molar-refractivity contribution >= 4 is 17.7 Å². The van der Waals surface area contributed by atoms with Gasteiger partial charge >= 0.3 is 18.2 Å². The Bertz CT molecular complexity index is 693. The van der Waals surface area contributed by atoms with Gasteiger partial charge in [-0.2, -0.15) is 13.2 Å². The number of aryl methyl sites for hydroxylation is 1. The van der Waals surface area contributed by atoms with Gasteiger partial charge in [-0.05, 0) is 18.6 Å². The number of anilines is 1. The van der Waals surface area contributed by atoms with Gasteiger partial charge in [-0.15, -0.1) is 0 Å². The van der Waals surface area contributed by atoms with E-state index in [1.165, 1.54) is 13.2 Å². The molecule has 2 N–H and O–H groups in total. The Morgan fingerprint density at radius 2 is 1.96 bits per heavy atom. The standard InChI is InChI=1S/C15H16F4N2O4/c1-7-3-12(25-2)10(16)4-11(7)20-14(24)21-5-8(13(22)23)9(6-21)15(17,18)19/h3-4,8-9H,5-6H2,1-2H3,(H,20,24)(H,22,23)/t8-,9-/m1/s1. The quantitative estimate of drug-likeness (QED) is 0.809. The van der Waals surface area contributed by atoms with Crippen LogP contribution in [0.25, 0.3) is 0 Å². The van der Waals surface area contributed by atoms with Crippen LogP contribution in [-0.4, -0.2) is 48.4 Å². The molecule has 10 heteroatoms. The molecule has 0 spiro atoms. The van der Waals surface area contributed by atoms with Gasteiger partial charge in [-0.3, -0.25) is 4.79 Å². The van der Waals surface area contributed by atoms with Crippen LogP contribution in [0.5, 0.6) is 5.75 Å². The van der Waals surface area contributed by atoms with Crippen LogP contribution in [-0.2, 0) is 4.79 Å². The molecule has 1 fully saturated rings. The Morgan fingerprint density at radius 3 is 2.44 bits per heavy atom. The minimum atomic E-state index is -4.74. The highest BCUT2D eigenvalue weighted by molar-refractivity contribution is 5.91. The second kappa shape index (κ2) is 6.77. The third kappa shape index (κ3) is 3.94. The van der Waals surface area contributed by atoms with Crippen LogP contribution in [0.15, 0.2) is 12.1 Å². The highest BCUT2D eigenvalue weighted by atomic mass is 19.4. The first-order valence-corrected chi connectivity index (χ1v) is 7.24. The lowest BCUT2D eigenvalue weighted by molar-refractivity contribution is -0.187. The van der Waals surface area contributed by atoms with E-state index in [0.29, 0.717) is 5.56 Å². The second-order valence-corrected chi connectivity index (χ2v) is 5.73. The van der Waals surface area contributed by atoms with Gasteiger partial charge in [0.15, 0.2) is 11.6 Å². The molecule has 0 radical (unpaired) electrons. The first kappa shape index (κ1) is 18.8. The summed E-state index contributed by atoms with van der Waals surface area (Å²) in [5, 5.41) is 11.3. The van der Waals surface area contributed by atoms with Crippen molar-refractivity contribution in [3.63, 3.8) is 0 Å². The van der Waals surface area contributed by atoms with Crippen LogP contribution >= 0.6 is 0 Å². The van der Waals surface area contributed by atoms with Crippen LogP contribution < -0.4 is 10.1 Å². The molecule has 0 aliphatic carbocycles. The fraction of sp³-hybridized carbons (Fsp3) is 0.467. The van der Waals surface area contributed by atoms with Crippen molar-refractivity contribution in [2.75, 3.05) is 25.5 Å². The molecule has 1 aliphatic heterocycles. The van der Waals surface area contributed by atoms with Gasteiger partial charge in [-0.1, -0.05) is 0 Å². The molecule has 0 unspecified atom stereocenters. The normalized spacial score (nSPS) is 20.5. The number of carboxylic acids is 1. The van der Waals surface area contributed by atoms with Gasteiger partial charge in [0.25, 0.3) is 0 Å². The Balaban J connectivity index is 2.17. The number of nitrogens with zero attached hydrogens (tertiary/aromatic N) is 1. The molecule has 1 aromatic carbocycles. The number of carbonyl (C=O) groups excluding carboxylic acids is 1. The molecule has 6 nitrogen and oxygen atoms in total. The average molecular weight is 364 g/mol. The molecule has 1 heterocycles. The molecule has 138 valence electrons. The van der Waals surface area contributed by atoms with E-state index < -0.39 is 48.9 Å². The number of urea groups is 1. The maximum absolute atomic E-state index is 13.7. The van der Waals surface area contributed by atoms with Crippen molar-refractivity contribution in [1.82, 2.24) is 4.90 Å². The number of hydrogen-bond donors (Lipinski definition) is 2. The molecule has 1 aliphatic rings. The maximum Gasteiger partial charge on any atom is 0.394 e. The lowest BCUT2D eigenvalue weighted by Crippen LogP contribution is -2.35. The number of carbonyl (C=O) groups is 2. The van der Waals surface area contributed by atoms with Crippen molar-refractivity contribution in [2.45, 2.75) is 13.1 Å². The van der Waals surface area contributed by atoms with Gasteiger partial charge in [0, 0.05) is 24.8 Å². The van der Waals surface area contributed by atoms with Gasteiger partial charge in [0.05, 0.1) is 18.9 Å². The van der Waals surface area contributed by atoms with E-state index in [2.05, 4.69) is 5.32 Å². The first-order valence-electron chi connectivity index (χ1n) is 7.24. The number of aliphatic carboxylic acids is 1. The molecule has 1 saturated heterocycles. The summed E-state index contributed by atoms with van der Waals surface area (Å²) < 4.78 is 57.4. The lowest BCUT2D eigenvalue weighted by atomic mass is 9.96. The number of halogens is 4. The van der Waals surface area contributed by atoms with Crippen LogP contribution in [0.4, 0.5) is 28.0 Å². The number of carboxylic acid groups (broad SMARTS) is 1. The van der Waals surface area contributed by atoms with Gasteiger partial charge in [0.2, 0.25) is 0 Å². The number of nitrogens with one attached hydrogen (secondary N) is 1. The number of benzene rings is 1. The molecule has 25 heavy (non-hydrogen) atoms. The molecular formula is C15H16F4N2O4. The lowest BCUT2D eigenvalue weighted by Gasteiger charge is -2.19. The van der Waals surface area contributed by atoms with E-state index in [9.17, 15) is 27.2 Å². The van der Waals surface area contributed by atoms with Gasteiger partial charge in [-0.25, -0.2) is 9.18 Å². The molecule has 0 aromatic heterocycles. The minimum Gasteiger partial charge on any atom is -0.494 e. The highest BCUT2D eigenvalue weighted by Gasteiger charge is 2.53. The average Bonchev–Trinajstić information content (AvgIpc) is 2.96. The number of alkyl halides is 3. The largest absolute Gasteiger partial charge is 0.494 e. The third-order valence-corrected chi connectivity index (χ3v) is 4.09. The van der Waals surface area contributed by atoms with Crippen LogP contribution in [0.2, 0.25) is 0 Å². The summed E-state index contributed by atoms with van der Waals surface area (Å²) in [6.07, 6.45) is -4.74. The van der Waals surface area contributed by atoms with E-state index in [1.54, 1.807) is 6.92 Å². The smallest absolute Gasteiger partial charge is 0.394 e. The fourth-order valence-electron chi connectivity index (χ4n) is 2.69. The van der Waals surface area contributed by atoms with E-state index in [0.717, 1.165) is 11.0 Å². The zero-order valence-corrected chi connectivity index (χ0v) is 13.4. The van der Waals surface area contributed by atoms with Crippen molar-refractivity contribution in [3.8, 4) is 5.75 Å². The number of ether oxygens (including phenoxy) is 1. The summed E-state index contributed by atoms with van der Waals surface area (Å²) >= 11 is 0. The van der Waals surface area contributed by atoms with Crippen LogP contribution in [0, 0.1) is 24.6 Å². The summed E-state index contributed by atoms with van der Waals surface area (Å²) in [5.41, 5.74) is 0.499. The molecule has 2 amide bonds. The Labute approximate surface area is 140 Å². The topological polar surface area (TPSA) is 78.9 Å². The SMILES string of the molecule is COc1cc(C)c(NC(=O)N2C[C@@H](C(F)(F)F)[C@H](C(=O)O)C2)cc1F. The predicted octanol–water partition coefficient (Wildman–Crippen LogP) is 2.87. The van der Waals surface area contributed by atoms with Crippen molar-refractivity contribution in [1.29, 1.82) is 0 Å². The van der Waals surface area contributed by atoms with E-state index >= 15 is 0 Å². The number of likely N-dealkylation sites (tertiary alicyclic amines) is 1. The molecule has 1 aromatic rings. The zero-order valence-electron chi connectivity index (χ0n) is 13.4. The van der Waals surface area contributed by atoms with E-state index in [4.69, 9.17) is 9.84 Å². The van der Waals surface area contributed by atoms with E-state index in [-0.39, 0.29) is 11.4 Å². The Morgan fingerprint density at radius 1 is 1.32 bits per heavy atom. The summed E-state index contributed by atoms with van der Waals surface area (Å²) in [6.45, 7) is 0.202. The summed E-state index contributed by atoms with van der Waals surface area (Å²) in [7, 11) is 1.27. The van der Waals surface area contributed by atoms with Crippen LogP contribution in [0.1, 0.15) is 5.56 Å². The molecule has 2 rings (SSSR count). The number of methoxy groups -OCH3 is 1. The third-order valence-electron chi connectivity index (χ3n) is 4.09. The van der Waals surface area contributed by atoms with Crippen LogP contribution in [0.3, 0.4) is 0 Å². The van der Waals surface area contributed by atoms with Gasteiger partial charge in [0.1, 0.15) is 0 Å². The Hall–Kier alpha value is -2.52. The highest BCUT2D eigenvalue weighted by Crippen LogP contribution is 2.38. The summed E-state index contributed by atoms with van der Waals surface area (Å²) in [4.78, 5) is 24.0.